The average Bonchev–Trinajstić information content (AvgIpc) is 2.72. The first-order valence-electron chi connectivity index (χ1n) is 10.3. The number of carbonyl (C=O) groups excluding carboxylic acids is 1. The van der Waals surface area contributed by atoms with Crippen LogP contribution >= 0.6 is 0 Å². The summed E-state index contributed by atoms with van der Waals surface area (Å²) in [7, 11) is -3.77. The third-order valence-electron chi connectivity index (χ3n) is 4.01. The summed E-state index contributed by atoms with van der Waals surface area (Å²) >= 11 is 0. The molecule has 0 spiro atoms. The van der Waals surface area contributed by atoms with Crippen molar-refractivity contribution >= 4 is 15.9 Å². The van der Waals surface area contributed by atoms with Crippen LogP contribution in [0.3, 0.4) is 0 Å². The molecule has 0 heterocycles. The van der Waals surface area contributed by atoms with E-state index in [1.807, 2.05) is 33.8 Å². The number of unbranched alkanes of at least 4 members (excludes halogenated alkanes) is 1. The van der Waals surface area contributed by atoms with Gasteiger partial charge >= 0.3 is 0 Å². The van der Waals surface area contributed by atoms with Crippen molar-refractivity contribution in [3.8, 4) is 0 Å². The van der Waals surface area contributed by atoms with Gasteiger partial charge in [0.2, 0.25) is 10.0 Å². The van der Waals surface area contributed by atoms with Crippen LogP contribution in [0, 0.1) is 0 Å². The number of sulfonamides is 1. The molecule has 0 aromatic rings. The van der Waals surface area contributed by atoms with Crippen molar-refractivity contribution < 1.29 is 13.2 Å². The van der Waals surface area contributed by atoms with Gasteiger partial charge in [-0.25, -0.2) is 8.42 Å². The second-order valence-corrected chi connectivity index (χ2v) is 8.41. The molecule has 0 saturated carbocycles. The molecule has 0 radical (unpaired) electrons. The van der Waals surface area contributed by atoms with Crippen LogP contribution in [0.25, 0.3) is 0 Å². The lowest BCUT2D eigenvalue weighted by molar-refractivity contribution is -0.116. The summed E-state index contributed by atoms with van der Waals surface area (Å²) in [5, 5.41) is 2.77. The van der Waals surface area contributed by atoms with E-state index in [0.717, 1.165) is 12.8 Å². The minimum atomic E-state index is -3.77. The highest BCUT2D eigenvalue weighted by atomic mass is 32.2. The third-order valence-corrected chi connectivity index (χ3v) is 5.90. The van der Waals surface area contributed by atoms with Gasteiger partial charge in [0.1, 0.15) is 0 Å². The Bertz CT molecular complexity index is 829. The highest BCUT2D eigenvalue weighted by Gasteiger charge is 2.25. The molecule has 0 unspecified atom stereocenters. The standard InChI is InChI=1S/C24H36N2O3S/c1-7-13-17-22(15-9-3)25-24(27)21(12-6)20-23(16-10-4)30(28,29)26(18-11-5)19-14-8-2/h7,9-10,12-13,15-17,20H,4,6,8,11,14,18-19H2,1-3,5H3,(H,25,27)/b13-7-,15-9-,21-20+,22-17+,23-16+. The molecule has 0 aliphatic carbocycles. The van der Waals surface area contributed by atoms with Gasteiger partial charge in [-0.05, 0) is 51.0 Å². The molecule has 0 fully saturated rings. The van der Waals surface area contributed by atoms with E-state index >= 15 is 0 Å². The van der Waals surface area contributed by atoms with Crippen molar-refractivity contribution in [2.45, 2.75) is 47.0 Å². The van der Waals surface area contributed by atoms with Crippen LogP contribution in [0.5, 0.6) is 0 Å². The topological polar surface area (TPSA) is 66.5 Å². The maximum absolute atomic E-state index is 13.2. The fraction of sp³-hybridized carbons (Fsp3) is 0.375. The van der Waals surface area contributed by atoms with Gasteiger partial charge in [-0.1, -0.05) is 63.8 Å². The molecule has 30 heavy (non-hydrogen) atoms. The lowest BCUT2D eigenvalue weighted by Crippen LogP contribution is -2.33. The monoisotopic (exact) mass is 432 g/mol. The maximum Gasteiger partial charge on any atom is 0.255 e. The van der Waals surface area contributed by atoms with E-state index in [1.54, 1.807) is 24.3 Å². The number of rotatable bonds is 14. The maximum atomic E-state index is 13.2. The van der Waals surface area contributed by atoms with Gasteiger partial charge in [-0.3, -0.25) is 4.79 Å². The third kappa shape index (κ3) is 9.37. The zero-order valence-corrected chi connectivity index (χ0v) is 19.5. The van der Waals surface area contributed by atoms with E-state index in [1.165, 1.54) is 28.6 Å². The van der Waals surface area contributed by atoms with Crippen LogP contribution < -0.4 is 5.32 Å². The van der Waals surface area contributed by atoms with E-state index in [0.29, 0.717) is 25.2 Å². The lowest BCUT2D eigenvalue weighted by Gasteiger charge is -2.22. The zero-order valence-electron chi connectivity index (χ0n) is 18.7. The molecule has 0 aliphatic rings. The molecule has 0 aliphatic heterocycles. The summed E-state index contributed by atoms with van der Waals surface area (Å²) < 4.78 is 27.9. The quantitative estimate of drug-likeness (QED) is 0.304. The Morgan fingerprint density at radius 2 is 1.73 bits per heavy atom. The van der Waals surface area contributed by atoms with E-state index < -0.39 is 15.9 Å². The molecule has 0 rings (SSSR count). The summed E-state index contributed by atoms with van der Waals surface area (Å²) in [5.74, 6) is -0.445. The first kappa shape index (κ1) is 27.6. The lowest BCUT2D eigenvalue weighted by atomic mass is 10.2. The number of amides is 1. The van der Waals surface area contributed by atoms with Gasteiger partial charge in [-0.2, -0.15) is 4.31 Å². The molecular formula is C24H36N2O3S. The number of hydrogen-bond donors (Lipinski definition) is 1. The van der Waals surface area contributed by atoms with Crippen LogP contribution in [0.1, 0.15) is 47.0 Å². The van der Waals surface area contributed by atoms with E-state index in [4.69, 9.17) is 0 Å². The van der Waals surface area contributed by atoms with Gasteiger partial charge in [0.25, 0.3) is 5.91 Å². The number of allylic oxidation sites excluding steroid dienone is 8. The number of nitrogens with zero attached hydrogens (tertiary/aromatic N) is 1. The molecule has 0 aromatic heterocycles. The van der Waals surface area contributed by atoms with E-state index in [-0.39, 0.29) is 10.5 Å². The second-order valence-electron chi connectivity index (χ2n) is 6.47. The summed E-state index contributed by atoms with van der Waals surface area (Å²) in [6, 6.07) is 0. The van der Waals surface area contributed by atoms with Crippen LogP contribution in [-0.4, -0.2) is 31.7 Å². The SMILES string of the molecule is C=C/C=C(\C=C(/C=C)C(=O)NC(/C=C\C)=C/C=C\C)S(=O)(=O)N(CCC)CCCC. The summed E-state index contributed by atoms with van der Waals surface area (Å²) in [5.41, 5.74) is 0.732. The zero-order chi connectivity index (χ0) is 23.0. The summed E-state index contributed by atoms with van der Waals surface area (Å²) in [4.78, 5) is 12.8. The van der Waals surface area contributed by atoms with Crippen LogP contribution in [0.15, 0.2) is 84.0 Å². The van der Waals surface area contributed by atoms with Crippen LogP contribution in [0.4, 0.5) is 0 Å². The second kappa shape index (κ2) is 15.4. The minimum absolute atomic E-state index is 0.0112. The van der Waals surface area contributed by atoms with Crippen LogP contribution in [-0.2, 0) is 14.8 Å². The Balaban J connectivity index is 6.06. The smallest absolute Gasteiger partial charge is 0.255 e. The number of carbonyl (C=O) groups is 1. The van der Waals surface area contributed by atoms with Gasteiger partial charge in [0.05, 0.1) is 4.91 Å². The van der Waals surface area contributed by atoms with Gasteiger partial charge in [0, 0.05) is 24.4 Å². The van der Waals surface area contributed by atoms with Crippen molar-refractivity contribution in [2.24, 2.45) is 0 Å². The molecule has 166 valence electrons. The largest absolute Gasteiger partial charge is 0.322 e. The molecule has 0 aromatic carbocycles. The minimum Gasteiger partial charge on any atom is -0.322 e. The highest BCUT2D eigenvalue weighted by Crippen LogP contribution is 2.19. The molecule has 6 heteroatoms. The fourth-order valence-corrected chi connectivity index (χ4v) is 4.14. The highest BCUT2D eigenvalue weighted by molar-refractivity contribution is 7.93. The average molecular weight is 433 g/mol. The first-order valence-corrected chi connectivity index (χ1v) is 11.7. The van der Waals surface area contributed by atoms with Gasteiger partial charge < -0.3 is 5.32 Å². The summed E-state index contributed by atoms with van der Waals surface area (Å²) in [6.45, 7) is 15.8. The van der Waals surface area contributed by atoms with E-state index in [9.17, 15) is 13.2 Å². The Hall–Kier alpha value is -2.44. The normalized spacial score (nSPS) is 14.0. The Morgan fingerprint density at radius 3 is 2.23 bits per heavy atom. The first-order chi connectivity index (χ1) is 14.3. The molecule has 1 amide bonds. The Kier molecular flexibility index (Phi) is 14.2. The van der Waals surface area contributed by atoms with Crippen molar-refractivity contribution in [1.82, 2.24) is 9.62 Å². The van der Waals surface area contributed by atoms with Crippen molar-refractivity contribution in [1.29, 1.82) is 0 Å². The molecule has 0 atom stereocenters. The van der Waals surface area contributed by atoms with Gasteiger partial charge in [0.15, 0.2) is 0 Å². The van der Waals surface area contributed by atoms with Gasteiger partial charge in [-0.15, -0.1) is 0 Å². The van der Waals surface area contributed by atoms with Crippen LogP contribution in [0.2, 0.25) is 0 Å². The number of nitrogens with one attached hydrogen (secondary N) is 1. The van der Waals surface area contributed by atoms with Crippen molar-refractivity contribution in [3.63, 3.8) is 0 Å². The molecule has 0 saturated heterocycles. The van der Waals surface area contributed by atoms with Crippen molar-refractivity contribution in [3.05, 3.63) is 84.0 Å². The summed E-state index contributed by atoms with van der Waals surface area (Å²) in [6.07, 6.45) is 16.8. The predicted octanol–water partition coefficient (Wildman–Crippen LogP) is 5.16. The van der Waals surface area contributed by atoms with E-state index in [2.05, 4.69) is 18.5 Å². The Morgan fingerprint density at radius 1 is 1.03 bits per heavy atom. The fourth-order valence-electron chi connectivity index (χ4n) is 2.50. The predicted molar refractivity (Wildman–Crippen MR) is 128 cm³/mol. The number of hydrogen-bond acceptors (Lipinski definition) is 3. The van der Waals surface area contributed by atoms with Crippen molar-refractivity contribution in [2.75, 3.05) is 13.1 Å². The molecule has 1 N–H and O–H groups in total. The molecule has 0 bridgehead atoms. The molecule has 5 nitrogen and oxygen atoms in total. The Labute approximate surface area is 183 Å². The molecular weight excluding hydrogens is 396 g/mol.